The standard InChI is InChI=1S/C14H19F3N4O2/c1-23-11-2-3-19-12(8-11)20-4-6-21(7-5-20)13(22)9-18-10-14(15,16)17/h2-3,8,18H,4-7,9-10H2,1H3. The zero-order valence-corrected chi connectivity index (χ0v) is 12.8. The van der Waals surface area contributed by atoms with Gasteiger partial charge in [-0.25, -0.2) is 4.98 Å². The van der Waals surface area contributed by atoms with Crippen LogP contribution in [0.1, 0.15) is 0 Å². The molecule has 6 nitrogen and oxygen atoms in total. The molecule has 2 heterocycles. The average Bonchev–Trinajstić information content (AvgIpc) is 2.54. The summed E-state index contributed by atoms with van der Waals surface area (Å²) in [5.41, 5.74) is 0. The van der Waals surface area contributed by atoms with Crippen LogP contribution in [0.2, 0.25) is 0 Å². The van der Waals surface area contributed by atoms with Crippen LogP contribution in [0.15, 0.2) is 18.3 Å². The van der Waals surface area contributed by atoms with Gasteiger partial charge in [-0.15, -0.1) is 0 Å². The molecular weight excluding hydrogens is 313 g/mol. The van der Waals surface area contributed by atoms with E-state index in [2.05, 4.69) is 10.3 Å². The molecule has 0 saturated carbocycles. The van der Waals surface area contributed by atoms with Crippen molar-refractivity contribution in [3.8, 4) is 5.75 Å². The Bertz CT molecular complexity index is 531. The molecule has 128 valence electrons. The highest BCUT2D eigenvalue weighted by atomic mass is 19.4. The average molecular weight is 332 g/mol. The van der Waals surface area contributed by atoms with Gasteiger partial charge in [0.1, 0.15) is 11.6 Å². The molecule has 1 amide bonds. The summed E-state index contributed by atoms with van der Waals surface area (Å²) in [7, 11) is 1.57. The molecule has 1 saturated heterocycles. The van der Waals surface area contributed by atoms with Crippen LogP contribution in [-0.2, 0) is 4.79 Å². The Kier molecular flexibility index (Phi) is 5.64. The van der Waals surface area contributed by atoms with Crippen molar-refractivity contribution < 1.29 is 22.7 Å². The fraction of sp³-hybridized carbons (Fsp3) is 0.571. The van der Waals surface area contributed by atoms with Gasteiger partial charge in [0, 0.05) is 38.4 Å². The van der Waals surface area contributed by atoms with Crippen LogP contribution < -0.4 is 15.0 Å². The lowest BCUT2D eigenvalue weighted by atomic mass is 10.3. The number of carbonyl (C=O) groups is 1. The van der Waals surface area contributed by atoms with Crippen molar-refractivity contribution in [1.29, 1.82) is 0 Å². The summed E-state index contributed by atoms with van der Waals surface area (Å²) in [6.07, 6.45) is -2.66. The summed E-state index contributed by atoms with van der Waals surface area (Å²) in [5.74, 6) is 1.13. The number of nitrogens with zero attached hydrogens (tertiary/aromatic N) is 3. The Balaban J connectivity index is 1.80. The highest BCUT2D eigenvalue weighted by molar-refractivity contribution is 5.78. The van der Waals surface area contributed by atoms with E-state index in [1.165, 1.54) is 0 Å². The number of hydrogen-bond acceptors (Lipinski definition) is 5. The molecular formula is C14H19F3N4O2. The van der Waals surface area contributed by atoms with Gasteiger partial charge >= 0.3 is 6.18 Å². The Morgan fingerprint density at radius 1 is 1.35 bits per heavy atom. The quantitative estimate of drug-likeness (QED) is 0.868. The van der Waals surface area contributed by atoms with Crippen molar-refractivity contribution >= 4 is 11.7 Å². The molecule has 2 rings (SSSR count). The number of pyridine rings is 1. The number of hydrogen-bond donors (Lipinski definition) is 1. The van der Waals surface area contributed by atoms with Crippen molar-refractivity contribution in [3.63, 3.8) is 0 Å². The highest BCUT2D eigenvalue weighted by Gasteiger charge is 2.27. The lowest BCUT2D eigenvalue weighted by Gasteiger charge is -2.35. The maximum absolute atomic E-state index is 12.0. The summed E-state index contributed by atoms with van der Waals surface area (Å²) >= 11 is 0. The second-order valence-electron chi connectivity index (χ2n) is 5.14. The topological polar surface area (TPSA) is 57.7 Å². The van der Waals surface area contributed by atoms with Crippen molar-refractivity contribution in [3.05, 3.63) is 18.3 Å². The molecule has 0 unspecified atom stereocenters. The van der Waals surface area contributed by atoms with E-state index >= 15 is 0 Å². The van der Waals surface area contributed by atoms with Crippen molar-refractivity contribution in [2.75, 3.05) is 51.3 Å². The summed E-state index contributed by atoms with van der Waals surface area (Å²) in [6, 6.07) is 3.55. The molecule has 1 aliphatic rings. The number of nitrogens with one attached hydrogen (secondary N) is 1. The Morgan fingerprint density at radius 2 is 2.04 bits per heavy atom. The molecule has 0 aromatic carbocycles. The van der Waals surface area contributed by atoms with Gasteiger partial charge in [-0.05, 0) is 6.07 Å². The zero-order chi connectivity index (χ0) is 16.9. The van der Waals surface area contributed by atoms with E-state index in [4.69, 9.17) is 4.74 Å². The van der Waals surface area contributed by atoms with Gasteiger partial charge in [-0.3, -0.25) is 4.79 Å². The minimum absolute atomic E-state index is 0.309. The molecule has 23 heavy (non-hydrogen) atoms. The van der Waals surface area contributed by atoms with E-state index in [-0.39, 0.29) is 12.5 Å². The third-order valence-electron chi connectivity index (χ3n) is 3.51. The van der Waals surface area contributed by atoms with Gasteiger partial charge in [0.2, 0.25) is 5.91 Å². The SMILES string of the molecule is COc1ccnc(N2CCN(C(=O)CNCC(F)(F)F)CC2)c1. The van der Waals surface area contributed by atoms with Gasteiger partial charge < -0.3 is 19.9 Å². The van der Waals surface area contributed by atoms with E-state index < -0.39 is 12.7 Å². The van der Waals surface area contributed by atoms with Crippen LogP contribution in [0.4, 0.5) is 19.0 Å². The Labute approximate surface area is 132 Å². The number of amides is 1. The minimum Gasteiger partial charge on any atom is -0.497 e. The molecule has 1 aliphatic heterocycles. The zero-order valence-electron chi connectivity index (χ0n) is 12.8. The van der Waals surface area contributed by atoms with Crippen LogP contribution in [0.3, 0.4) is 0 Å². The normalized spacial score (nSPS) is 15.7. The number of carbonyl (C=O) groups excluding carboxylic acids is 1. The van der Waals surface area contributed by atoms with Crippen LogP contribution in [0, 0.1) is 0 Å². The van der Waals surface area contributed by atoms with E-state index in [9.17, 15) is 18.0 Å². The fourth-order valence-corrected chi connectivity index (χ4v) is 2.31. The summed E-state index contributed by atoms with van der Waals surface area (Å²) in [6.45, 7) is 0.580. The van der Waals surface area contributed by atoms with Crippen molar-refractivity contribution in [1.82, 2.24) is 15.2 Å². The predicted octanol–water partition coefficient (Wildman–Crippen LogP) is 0.891. The monoisotopic (exact) mass is 332 g/mol. The van der Waals surface area contributed by atoms with Crippen LogP contribution >= 0.6 is 0 Å². The number of methoxy groups -OCH3 is 1. The van der Waals surface area contributed by atoms with E-state index in [0.717, 1.165) is 5.82 Å². The first-order valence-electron chi connectivity index (χ1n) is 7.19. The van der Waals surface area contributed by atoms with Gasteiger partial charge in [0.15, 0.2) is 0 Å². The van der Waals surface area contributed by atoms with Crippen molar-refractivity contribution in [2.45, 2.75) is 6.18 Å². The Morgan fingerprint density at radius 3 is 2.65 bits per heavy atom. The summed E-state index contributed by atoms with van der Waals surface area (Å²) < 4.78 is 41.3. The van der Waals surface area contributed by atoms with Crippen molar-refractivity contribution in [2.24, 2.45) is 0 Å². The van der Waals surface area contributed by atoms with Gasteiger partial charge in [-0.1, -0.05) is 0 Å². The van der Waals surface area contributed by atoms with Crippen LogP contribution in [0.5, 0.6) is 5.75 Å². The molecule has 9 heteroatoms. The van der Waals surface area contributed by atoms with E-state index in [0.29, 0.717) is 31.9 Å². The molecule has 0 bridgehead atoms. The molecule has 0 spiro atoms. The first-order valence-corrected chi connectivity index (χ1v) is 7.19. The maximum atomic E-state index is 12.0. The predicted molar refractivity (Wildman–Crippen MR) is 78.5 cm³/mol. The second-order valence-corrected chi connectivity index (χ2v) is 5.14. The fourth-order valence-electron chi connectivity index (χ4n) is 2.31. The Hall–Kier alpha value is -2.03. The largest absolute Gasteiger partial charge is 0.497 e. The highest BCUT2D eigenvalue weighted by Crippen LogP contribution is 2.19. The lowest BCUT2D eigenvalue weighted by molar-refractivity contribution is -0.134. The molecule has 1 fully saturated rings. The van der Waals surface area contributed by atoms with E-state index in [1.807, 2.05) is 11.0 Å². The van der Waals surface area contributed by atoms with Gasteiger partial charge in [0.25, 0.3) is 0 Å². The molecule has 1 aromatic heterocycles. The van der Waals surface area contributed by atoms with Crippen LogP contribution in [0.25, 0.3) is 0 Å². The number of alkyl halides is 3. The smallest absolute Gasteiger partial charge is 0.401 e. The molecule has 0 radical (unpaired) electrons. The number of aromatic nitrogens is 1. The third kappa shape index (κ3) is 5.27. The summed E-state index contributed by atoms with van der Waals surface area (Å²) in [4.78, 5) is 19.7. The number of rotatable bonds is 5. The summed E-state index contributed by atoms with van der Waals surface area (Å²) in [5, 5.41) is 2.12. The number of ether oxygens (including phenoxy) is 1. The molecule has 0 atom stereocenters. The van der Waals surface area contributed by atoms with E-state index in [1.54, 1.807) is 24.3 Å². The first-order chi connectivity index (χ1) is 10.9. The minimum atomic E-state index is -4.31. The molecule has 1 aromatic rings. The third-order valence-corrected chi connectivity index (χ3v) is 3.51. The number of halogens is 3. The second kappa shape index (κ2) is 7.49. The maximum Gasteiger partial charge on any atom is 0.401 e. The van der Waals surface area contributed by atoms with Gasteiger partial charge in [0.05, 0.1) is 20.2 Å². The van der Waals surface area contributed by atoms with Gasteiger partial charge in [-0.2, -0.15) is 13.2 Å². The molecule has 1 N–H and O–H groups in total. The first kappa shape index (κ1) is 17.3. The number of piperazine rings is 1. The molecule has 0 aliphatic carbocycles. The number of anilines is 1. The van der Waals surface area contributed by atoms with Crippen LogP contribution in [-0.4, -0.2) is 68.3 Å². The lowest BCUT2D eigenvalue weighted by Crippen LogP contribution is -2.51.